The quantitative estimate of drug-likeness (QED) is 0.211. The SMILES string of the molecule is C=CCn1c(COc2ccc(OC)cc2)nnc1SCC(=O)Nc1cc(C(=O)OCC)ccc1Cl. The molecule has 0 aliphatic rings. The van der Waals surface area contributed by atoms with Crippen molar-refractivity contribution in [3.63, 3.8) is 0 Å². The summed E-state index contributed by atoms with van der Waals surface area (Å²) in [4.78, 5) is 24.5. The summed E-state index contributed by atoms with van der Waals surface area (Å²) in [5.41, 5.74) is 0.621. The molecule has 0 spiro atoms. The van der Waals surface area contributed by atoms with Crippen LogP contribution in [0.2, 0.25) is 5.02 Å². The Labute approximate surface area is 212 Å². The normalized spacial score (nSPS) is 10.5. The number of esters is 1. The van der Waals surface area contributed by atoms with Gasteiger partial charge in [0.2, 0.25) is 5.91 Å². The number of allylic oxidation sites excluding steroid dienone is 1. The Bertz CT molecular complexity index is 1180. The first kappa shape index (κ1) is 26.1. The maximum Gasteiger partial charge on any atom is 0.338 e. The molecular weight excluding hydrogens is 492 g/mol. The number of thioether (sulfide) groups is 1. The minimum Gasteiger partial charge on any atom is -0.497 e. The van der Waals surface area contributed by atoms with Gasteiger partial charge >= 0.3 is 5.97 Å². The zero-order chi connectivity index (χ0) is 25.2. The van der Waals surface area contributed by atoms with Gasteiger partial charge in [0.15, 0.2) is 11.0 Å². The van der Waals surface area contributed by atoms with Crippen LogP contribution in [-0.2, 0) is 22.7 Å². The maximum absolute atomic E-state index is 12.6. The number of methoxy groups -OCH3 is 1. The molecule has 0 saturated heterocycles. The Morgan fingerprint density at radius 3 is 2.60 bits per heavy atom. The molecule has 0 aliphatic heterocycles. The predicted octanol–water partition coefficient (Wildman–Crippen LogP) is 4.61. The number of halogens is 1. The van der Waals surface area contributed by atoms with E-state index in [-0.39, 0.29) is 24.9 Å². The largest absolute Gasteiger partial charge is 0.497 e. The molecule has 0 saturated carbocycles. The van der Waals surface area contributed by atoms with Gasteiger partial charge in [-0.15, -0.1) is 16.8 Å². The van der Waals surface area contributed by atoms with Crippen LogP contribution in [0.4, 0.5) is 5.69 Å². The van der Waals surface area contributed by atoms with E-state index in [1.165, 1.54) is 30.0 Å². The number of nitrogens with one attached hydrogen (secondary N) is 1. The number of ether oxygens (including phenoxy) is 3. The second-order valence-electron chi connectivity index (χ2n) is 7.01. The molecule has 2 aromatic carbocycles. The number of benzene rings is 2. The summed E-state index contributed by atoms with van der Waals surface area (Å²) in [7, 11) is 1.60. The van der Waals surface area contributed by atoms with Gasteiger partial charge in [-0.1, -0.05) is 29.4 Å². The predicted molar refractivity (Wildman–Crippen MR) is 134 cm³/mol. The zero-order valence-corrected chi connectivity index (χ0v) is 20.9. The van der Waals surface area contributed by atoms with Crippen molar-refractivity contribution in [1.82, 2.24) is 14.8 Å². The fourth-order valence-corrected chi connectivity index (χ4v) is 3.88. The summed E-state index contributed by atoms with van der Waals surface area (Å²) >= 11 is 7.39. The molecule has 0 atom stereocenters. The number of carbonyl (C=O) groups is 2. The Morgan fingerprint density at radius 1 is 1.17 bits per heavy atom. The molecule has 1 aromatic heterocycles. The number of nitrogens with zero attached hydrogens (tertiary/aromatic N) is 3. The van der Waals surface area contributed by atoms with E-state index < -0.39 is 5.97 Å². The third-order valence-corrected chi connectivity index (χ3v) is 5.91. The minimum absolute atomic E-state index is 0.0502. The number of aromatic nitrogens is 3. The van der Waals surface area contributed by atoms with Gasteiger partial charge < -0.3 is 19.5 Å². The fraction of sp³-hybridized carbons (Fsp3) is 0.250. The van der Waals surface area contributed by atoms with Crippen molar-refractivity contribution in [1.29, 1.82) is 0 Å². The van der Waals surface area contributed by atoms with Crippen molar-refractivity contribution in [2.45, 2.75) is 25.2 Å². The van der Waals surface area contributed by atoms with Gasteiger partial charge in [-0.2, -0.15) is 0 Å². The summed E-state index contributed by atoms with van der Waals surface area (Å²) in [5, 5.41) is 12.0. The van der Waals surface area contributed by atoms with Crippen molar-refractivity contribution in [2.75, 3.05) is 24.8 Å². The van der Waals surface area contributed by atoms with E-state index in [1.54, 1.807) is 44.4 Å². The van der Waals surface area contributed by atoms with Crippen molar-refractivity contribution >= 4 is 40.9 Å². The summed E-state index contributed by atoms with van der Waals surface area (Å²) in [6, 6.07) is 11.8. The first-order valence-electron chi connectivity index (χ1n) is 10.6. The van der Waals surface area contributed by atoms with Crippen LogP contribution in [0.25, 0.3) is 0 Å². The van der Waals surface area contributed by atoms with E-state index in [0.29, 0.717) is 39.5 Å². The first-order chi connectivity index (χ1) is 16.9. The fourth-order valence-electron chi connectivity index (χ4n) is 2.94. The Balaban J connectivity index is 1.62. The number of anilines is 1. The molecule has 0 unspecified atom stereocenters. The molecule has 0 aliphatic carbocycles. The Morgan fingerprint density at radius 2 is 1.91 bits per heavy atom. The monoisotopic (exact) mass is 516 g/mol. The highest BCUT2D eigenvalue weighted by atomic mass is 35.5. The molecule has 0 radical (unpaired) electrons. The Hall–Kier alpha value is -3.50. The van der Waals surface area contributed by atoms with Gasteiger partial charge in [-0.3, -0.25) is 9.36 Å². The molecule has 3 rings (SSSR count). The van der Waals surface area contributed by atoms with Crippen molar-refractivity contribution < 1.29 is 23.8 Å². The van der Waals surface area contributed by atoms with E-state index in [4.69, 9.17) is 25.8 Å². The van der Waals surface area contributed by atoms with Gasteiger partial charge in [0, 0.05) is 6.54 Å². The van der Waals surface area contributed by atoms with E-state index in [9.17, 15) is 9.59 Å². The first-order valence-corrected chi connectivity index (χ1v) is 12.0. The molecule has 3 aromatic rings. The van der Waals surface area contributed by atoms with Crippen molar-refractivity contribution in [3.8, 4) is 11.5 Å². The molecule has 9 nitrogen and oxygen atoms in total. The topological polar surface area (TPSA) is 105 Å². The smallest absolute Gasteiger partial charge is 0.338 e. The lowest BCUT2D eigenvalue weighted by atomic mass is 10.2. The van der Waals surface area contributed by atoms with Crippen LogP contribution < -0.4 is 14.8 Å². The lowest BCUT2D eigenvalue weighted by molar-refractivity contribution is -0.113. The molecule has 11 heteroatoms. The molecule has 35 heavy (non-hydrogen) atoms. The lowest BCUT2D eigenvalue weighted by Gasteiger charge is -2.11. The van der Waals surface area contributed by atoms with Gasteiger partial charge in [0.05, 0.1) is 35.7 Å². The van der Waals surface area contributed by atoms with Crippen molar-refractivity contribution in [2.24, 2.45) is 0 Å². The van der Waals surface area contributed by atoms with Crippen LogP contribution in [0.15, 0.2) is 60.3 Å². The molecule has 1 amide bonds. The third kappa shape index (κ3) is 7.24. The number of amides is 1. The standard InChI is InChI=1S/C24H25ClN4O5S/c1-4-12-29-21(14-34-18-9-7-17(32-3)8-10-18)27-28-24(29)35-15-22(30)26-20-13-16(6-11-19(20)25)23(31)33-5-2/h4,6-11,13H,1,5,12,14-15H2,2-3H3,(H,26,30). The average molecular weight is 517 g/mol. The molecule has 0 fully saturated rings. The molecular formula is C24H25ClN4O5S. The number of hydrogen-bond acceptors (Lipinski definition) is 8. The van der Waals surface area contributed by atoms with Gasteiger partial charge in [-0.25, -0.2) is 4.79 Å². The van der Waals surface area contributed by atoms with Crippen LogP contribution >= 0.6 is 23.4 Å². The van der Waals surface area contributed by atoms with E-state index in [0.717, 1.165) is 5.75 Å². The number of carbonyl (C=O) groups excluding carboxylic acids is 2. The second-order valence-corrected chi connectivity index (χ2v) is 8.36. The lowest BCUT2D eigenvalue weighted by Crippen LogP contribution is -2.16. The van der Waals surface area contributed by atoms with Crippen LogP contribution in [-0.4, -0.2) is 46.1 Å². The highest BCUT2D eigenvalue weighted by Crippen LogP contribution is 2.25. The summed E-state index contributed by atoms with van der Waals surface area (Å²) in [6.45, 7) is 6.39. The van der Waals surface area contributed by atoms with Crippen LogP contribution in [0, 0.1) is 0 Å². The molecule has 1 N–H and O–H groups in total. The van der Waals surface area contributed by atoms with Crippen LogP contribution in [0.5, 0.6) is 11.5 Å². The van der Waals surface area contributed by atoms with Crippen LogP contribution in [0.1, 0.15) is 23.1 Å². The Kier molecular flexibility index (Phi) is 9.56. The highest BCUT2D eigenvalue weighted by molar-refractivity contribution is 7.99. The minimum atomic E-state index is -0.490. The van der Waals surface area contributed by atoms with E-state index >= 15 is 0 Å². The van der Waals surface area contributed by atoms with Gasteiger partial charge in [0.1, 0.15) is 18.1 Å². The summed E-state index contributed by atoms with van der Waals surface area (Å²) in [5.74, 6) is 1.23. The van der Waals surface area contributed by atoms with Gasteiger partial charge in [-0.05, 0) is 49.4 Å². The third-order valence-electron chi connectivity index (χ3n) is 4.62. The average Bonchev–Trinajstić information content (AvgIpc) is 3.24. The molecule has 1 heterocycles. The summed E-state index contributed by atoms with van der Waals surface area (Å²) in [6.07, 6.45) is 1.71. The zero-order valence-electron chi connectivity index (χ0n) is 19.3. The van der Waals surface area contributed by atoms with E-state index in [2.05, 4.69) is 22.1 Å². The second kappa shape index (κ2) is 12.8. The number of rotatable bonds is 12. The van der Waals surface area contributed by atoms with Gasteiger partial charge in [0.25, 0.3) is 0 Å². The van der Waals surface area contributed by atoms with Crippen LogP contribution in [0.3, 0.4) is 0 Å². The molecule has 184 valence electrons. The van der Waals surface area contributed by atoms with Crippen molar-refractivity contribution in [3.05, 3.63) is 71.5 Å². The number of hydrogen-bond donors (Lipinski definition) is 1. The van der Waals surface area contributed by atoms with E-state index in [1.807, 2.05) is 4.57 Å². The summed E-state index contributed by atoms with van der Waals surface area (Å²) < 4.78 is 17.8. The molecule has 0 bridgehead atoms. The maximum atomic E-state index is 12.6. The highest BCUT2D eigenvalue weighted by Gasteiger charge is 2.16.